The Morgan fingerprint density at radius 2 is 2.18 bits per heavy atom. The van der Waals surface area contributed by atoms with Crippen molar-refractivity contribution in [2.45, 2.75) is 24.5 Å². The number of aliphatic hydroxyl groups excluding tert-OH is 3. The number of ether oxygens (including phenoxy) is 1. The smallest absolute Gasteiger partial charge is 0.351 e. The first kappa shape index (κ1) is 12.0. The van der Waals surface area contributed by atoms with Gasteiger partial charge in [0.1, 0.15) is 24.1 Å². The molecule has 0 amide bonds. The minimum atomic E-state index is -1.31. The van der Waals surface area contributed by atoms with E-state index in [1.165, 1.54) is 12.3 Å². The monoisotopic (exact) mass is 243 g/mol. The molecule has 8 nitrogen and oxygen atoms in total. The summed E-state index contributed by atoms with van der Waals surface area (Å²) in [4.78, 5) is 15.0. The summed E-state index contributed by atoms with van der Waals surface area (Å²) in [5, 5.41) is 28.2. The molecule has 1 aromatic heterocycles. The van der Waals surface area contributed by atoms with Crippen molar-refractivity contribution >= 4 is 5.82 Å². The van der Waals surface area contributed by atoms with E-state index in [1.54, 1.807) is 0 Å². The molecule has 0 saturated carbocycles. The van der Waals surface area contributed by atoms with E-state index in [2.05, 4.69) is 4.98 Å². The van der Waals surface area contributed by atoms with Crippen molar-refractivity contribution in [2.75, 3.05) is 12.3 Å². The van der Waals surface area contributed by atoms with Crippen molar-refractivity contribution in [3.63, 3.8) is 0 Å². The maximum Gasteiger partial charge on any atom is 0.351 e. The number of rotatable bonds is 2. The number of nitrogens with two attached hydrogens (primary N) is 1. The quantitative estimate of drug-likeness (QED) is 0.449. The maximum atomic E-state index is 11.5. The molecule has 1 aromatic rings. The molecule has 17 heavy (non-hydrogen) atoms. The number of aromatic nitrogens is 2. The van der Waals surface area contributed by atoms with E-state index in [0.717, 1.165) is 4.57 Å². The molecule has 2 rings (SSSR count). The first-order valence-electron chi connectivity index (χ1n) is 5.01. The van der Waals surface area contributed by atoms with Gasteiger partial charge in [0.05, 0.1) is 6.61 Å². The highest BCUT2D eigenvalue weighted by Gasteiger charge is 2.43. The Balaban J connectivity index is 2.32. The molecule has 0 aromatic carbocycles. The molecule has 1 fully saturated rings. The Morgan fingerprint density at radius 1 is 1.47 bits per heavy atom. The first-order chi connectivity index (χ1) is 8.04. The summed E-state index contributed by atoms with van der Waals surface area (Å²) < 4.78 is 6.19. The van der Waals surface area contributed by atoms with Crippen LogP contribution in [-0.4, -0.2) is 49.8 Å². The molecule has 4 atom stereocenters. The van der Waals surface area contributed by atoms with Crippen molar-refractivity contribution in [1.82, 2.24) is 9.55 Å². The van der Waals surface area contributed by atoms with Crippen LogP contribution in [-0.2, 0) is 4.74 Å². The van der Waals surface area contributed by atoms with Crippen LogP contribution in [0.4, 0.5) is 5.82 Å². The highest BCUT2D eigenvalue weighted by atomic mass is 16.6. The SMILES string of the molecule is Nc1ccn(C2O[C@H](CO)[C@H](O)[C@H]2O)c(=O)n1. The van der Waals surface area contributed by atoms with Gasteiger partial charge in [0.15, 0.2) is 6.23 Å². The van der Waals surface area contributed by atoms with Gasteiger partial charge in [0, 0.05) is 6.20 Å². The van der Waals surface area contributed by atoms with Gasteiger partial charge in [-0.3, -0.25) is 4.57 Å². The van der Waals surface area contributed by atoms with Crippen molar-refractivity contribution in [3.8, 4) is 0 Å². The summed E-state index contributed by atoms with van der Waals surface area (Å²) in [7, 11) is 0. The van der Waals surface area contributed by atoms with E-state index in [-0.39, 0.29) is 5.82 Å². The van der Waals surface area contributed by atoms with Gasteiger partial charge in [-0.1, -0.05) is 0 Å². The highest BCUT2D eigenvalue weighted by Crippen LogP contribution is 2.27. The number of hydrogen-bond donors (Lipinski definition) is 4. The molecule has 0 spiro atoms. The molecule has 0 aliphatic carbocycles. The molecule has 1 unspecified atom stereocenters. The van der Waals surface area contributed by atoms with Gasteiger partial charge >= 0.3 is 5.69 Å². The minimum Gasteiger partial charge on any atom is -0.394 e. The van der Waals surface area contributed by atoms with Crippen LogP contribution in [0.25, 0.3) is 0 Å². The van der Waals surface area contributed by atoms with Crippen LogP contribution >= 0.6 is 0 Å². The van der Waals surface area contributed by atoms with Gasteiger partial charge in [-0.05, 0) is 6.07 Å². The maximum absolute atomic E-state index is 11.5. The largest absolute Gasteiger partial charge is 0.394 e. The third kappa shape index (κ3) is 2.03. The average Bonchev–Trinajstić information content (AvgIpc) is 2.57. The molecule has 1 aliphatic rings. The normalized spacial score (nSPS) is 32.9. The lowest BCUT2D eigenvalue weighted by Crippen LogP contribution is -2.36. The molecule has 2 heterocycles. The van der Waals surface area contributed by atoms with Crippen molar-refractivity contribution in [2.24, 2.45) is 0 Å². The van der Waals surface area contributed by atoms with E-state index >= 15 is 0 Å². The Hall–Kier alpha value is -1.48. The lowest BCUT2D eigenvalue weighted by Gasteiger charge is -2.16. The molecule has 0 bridgehead atoms. The second-order valence-electron chi connectivity index (χ2n) is 3.77. The standard InChI is InChI=1S/C9H13N3O5/c10-5-1-2-12(9(16)11-5)8-7(15)6(14)4(3-13)17-8/h1-2,4,6-8,13-15H,3H2,(H2,10,11,16)/t4-,6+,7-,8?/m1/s1. The van der Waals surface area contributed by atoms with Crippen LogP contribution in [0.15, 0.2) is 17.1 Å². The third-order valence-electron chi connectivity index (χ3n) is 2.64. The molecule has 0 radical (unpaired) electrons. The van der Waals surface area contributed by atoms with Gasteiger partial charge in [-0.2, -0.15) is 4.98 Å². The van der Waals surface area contributed by atoms with Crippen LogP contribution in [0, 0.1) is 0 Å². The fourth-order valence-corrected chi connectivity index (χ4v) is 1.73. The lowest BCUT2D eigenvalue weighted by atomic mass is 10.1. The summed E-state index contributed by atoms with van der Waals surface area (Å²) in [6.07, 6.45) is -3.27. The Morgan fingerprint density at radius 3 is 2.71 bits per heavy atom. The summed E-state index contributed by atoms with van der Waals surface area (Å²) in [6, 6.07) is 1.37. The van der Waals surface area contributed by atoms with Crippen LogP contribution in [0.2, 0.25) is 0 Å². The van der Waals surface area contributed by atoms with E-state index in [1.807, 2.05) is 0 Å². The Kier molecular flexibility index (Phi) is 3.11. The topological polar surface area (TPSA) is 131 Å². The van der Waals surface area contributed by atoms with Crippen LogP contribution in [0.5, 0.6) is 0 Å². The zero-order valence-corrected chi connectivity index (χ0v) is 8.80. The fraction of sp³-hybridized carbons (Fsp3) is 0.556. The fourth-order valence-electron chi connectivity index (χ4n) is 1.73. The molecule has 8 heteroatoms. The predicted octanol–water partition coefficient (Wildman–Crippen LogP) is -2.56. The van der Waals surface area contributed by atoms with Crippen molar-refractivity contribution in [3.05, 3.63) is 22.7 Å². The highest BCUT2D eigenvalue weighted by molar-refractivity contribution is 5.23. The second kappa shape index (κ2) is 4.41. The van der Waals surface area contributed by atoms with Gasteiger partial charge in [-0.25, -0.2) is 4.79 Å². The summed E-state index contributed by atoms with van der Waals surface area (Å²) >= 11 is 0. The predicted molar refractivity (Wildman–Crippen MR) is 55.9 cm³/mol. The second-order valence-corrected chi connectivity index (χ2v) is 3.77. The number of hydrogen-bond acceptors (Lipinski definition) is 7. The van der Waals surface area contributed by atoms with E-state index in [4.69, 9.17) is 15.6 Å². The van der Waals surface area contributed by atoms with Crippen LogP contribution < -0.4 is 11.4 Å². The van der Waals surface area contributed by atoms with Gasteiger partial charge < -0.3 is 25.8 Å². The van der Waals surface area contributed by atoms with Gasteiger partial charge in [-0.15, -0.1) is 0 Å². The Labute approximate surface area is 95.9 Å². The van der Waals surface area contributed by atoms with E-state index in [9.17, 15) is 15.0 Å². The molecule has 1 aliphatic heterocycles. The Bertz CT molecular complexity index is 462. The van der Waals surface area contributed by atoms with Crippen molar-refractivity contribution in [1.29, 1.82) is 0 Å². The molecule has 5 N–H and O–H groups in total. The van der Waals surface area contributed by atoms with Crippen molar-refractivity contribution < 1.29 is 20.1 Å². The summed E-state index contributed by atoms with van der Waals surface area (Å²) in [5.41, 5.74) is 4.63. The summed E-state index contributed by atoms with van der Waals surface area (Å²) in [6.45, 7) is -0.453. The lowest BCUT2D eigenvalue weighted by molar-refractivity contribution is -0.0549. The van der Waals surface area contributed by atoms with Gasteiger partial charge in [0.25, 0.3) is 0 Å². The molecular weight excluding hydrogens is 230 g/mol. The number of anilines is 1. The van der Waals surface area contributed by atoms with E-state index < -0.39 is 36.8 Å². The zero-order valence-electron chi connectivity index (χ0n) is 8.80. The minimum absolute atomic E-state index is 0.0537. The first-order valence-corrected chi connectivity index (χ1v) is 5.01. The summed E-state index contributed by atoms with van der Waals surface area (Å²) in [5.74, 6) is 0.0537. The number of aliphatic hydroxyl groups is 3. The average molecular weight is 243 g/mol. The van der Waals surface area contributed by atoms with Gasteiger partial charge in [0.2, 0.25) is 0 Å². The zero-order chi connectivity index (χ0) is 12.6. The number of nitrogen functional groups attached to an aromatic ring is 1. The van der Waals surface area contributed by atoms with Crippen LogP contribution in [0.1, 0.15) is 6.23 Å². The molecule has 1 saturated heterocycles. The molecular formula is C9H13N3O5. The van der Waals surface area contributed by atoms with E-state index in [0.29, 0.717) is 0 Å². The third-order valence-corrected chi connectivity index (χ3v) is 2.64. The van der Waals surface area contributed by atoms with Crippen LogP contribution in [0.3, 0.4) is 0 Å². The number of nitrogens with zero attached hydrogens (tertiary/aromatic N) is 2. The molecule has 94 valence electrons.